The van der Waals surface area contributed by atoms with Crippen LogP contribution in [0.1, 0.15) is 31.9 Å². The van der Waals surface area contributed by atoms with E-state index >= 15 is 0 Å². The SMILES string of the molecule is Cn1cc(C(C)(O)CNC(=O)NCC(C)(C)c2ccccc2F)cn1. The predicted molar refractivity (Wildman–Crippen MR) is 93.6 cm³/mol. The number of aromatic nitrogens is 2. The summed E-state index contributed by atoms with van der Waals surface area (Å²) in [6.45, 7) is 5.61. The van der Waals surface area contributed by atoms with E-state index in [2.05, 4.69) is 15.7 Å². The van der Waals surface area contributed by atoms with Crippen molar-refractivity contribution in [1.29, 1.82) is 0 Å². The molecule has 1 unspecified atom stereocenters. The van der Waals surface area contributed by atoms with Crippen LogP contribution in [0.5, 0.6) is 0 Å². The third-order valence-corrected chi connectivity index (χ3v) is 4.21. The lowest BCUT2D eigenvalue weighted by molar-refractivity contribution is 0.0593. The Kier molecular flexibility index (Phi) is 5.47. The van der Waals surface area contributed by atoms with Gasteiger partial charge in [-0.15, -0.1) is 0 Å². The summed E-state index contributed by atoms with van der Waals surface area (Å²) in [7, 11) is 1.75. The molecule has 136 valence electrons. The second-order valence-electron chi connectivity index (χ2n) is 7.08. The smallest absolute Gasteiger partial charge is 0.314 e. The van der Waals surface area contributed by atoms with Gasteiger partial charge in [0, 0.05) is 30.8 Å². The van der Waals surface area contributed by atoms with Crippen LogP contribution in [0.4, 0.5) is 9.18 Å². The Morgan fingerprint density at radius 2 is 1.88 bits per heavy atom. The first kappa shape index (κ1) is 18.9. The molecule has 6 nitrogen and oxygen atoms in total. The lowest BCUT2D eigenvalue weighted by atomic mass is 9.84. The molecule has 1 aromatic heterocycles. The van der Waals surface area contributed by atoms with E-state index in [1.165, 1.54) is 6.07 Å². The minimum Gasteiger partial charge on any atom is -0.383 e. The van der Waals surface area contributed by atoms with Crippen LogP contribution in [0.15, 0.2) is 36.7 Å². The summed E-state index contributed by atoms with van der Waals surface area (Å²) < 4.78 is 15.5. The van der Waals surface area contributed by atoms with Gasteiger partial charge in [0.2, 0.25) is 0 Å². The molecule has 2 amide bonds. The van der Waals surface area contributed by atoms with E-state index in [9.17, 15) is 14.3 Å². The maximum absolute atomic E-state index is 13.9. The number of carbonyl (C=O) groups is 1. The number of nitrogens with one attached hydrogen (secondary N) is 2. The number of amides is 2. The highest BCUT2D eigenvalue weighted by molar-refractivity contribution is 5.74. The number of halogens is 1. The fraction of sp³-hybridized carbons (Fsp3) is 0.444. The van der Waals surface area contributed by atoms with E-state index in [1.54, 1.807) is 49.2 Å². The second kappa shape index (κ2) is 7.23. The van der Waals surface area contributed by atoms with Gasteiger partial charge in [0.05, 0.1) is 12.7 Å². The molecular weight excluding hydrogens is 323 g/mol. The zero-order chi connectivity index (χ0) is 18.7. The topological polar surface area (TPSA) is 79.2 Å². The maximum atomic E-state index is 13.9. The van der Waals surface area contributed by atoms with Crippen molar-refractivity contribution in [3.63, 3.8) is 0 Å². The van der Waals surface area contributed by atoms with Crippen molar-refractivity contribution in [3.05, 3.63) is 53.6 Å². The van der Waals surface area contributed by atoms with Crippen molar-refractivity contribution in [2.45, 2.75) is 31.8 Å². The number of nitrogens with zero attached hydrogens (tertiary/aromatic N) is 2. The first-order valence-corrected chi connectivity index (χ1v) is 8.10. The normalized spacial score (nSPS) is 14.0. The molecule has 0 spiro atoms. The first-order valence-electron chi connectivity index (χ1n) is 8.10. The van der Waals surface area contributed by atoms with E-state index in [0.717, 1.165) is 0 Å². The van der Waals surface area contributed by atoms with Crippen LogP contribution in [-0.4, -0.2) is 34.0 Å². The Morgan fingerprint density at radius 1 is 1.24 bits per heavy atom. The molecule has 0 saturated carbocycles. The van der Waals surface area contributed by atoms with Gasteiger partial charge in [0.1, 0.15) is 11.4 Å². The molecule has 0 aliphatic heterocycles. The highest BCUT2D eigenvalue weighted by Crippen LogP contribution is 2.24. The van der Waals surface area contributed by atoms with E-state index in [4.69, 9.17) is 0 Å². The van der Waals surface area contributed by atoms with Gasteiger partial charge in [-0.2, -0.15) is 5.10 Å². The molecule has 25 heavy (non-hydrogen) atoms. The minimum atomic E-state index is -1.23. The van der Waals surface area contributed by atoms with E-state index in [0.29, 0.717) is 11.1 Å². The van der Waals surface area contributed by atoms with Crippen molar-refractivity contribution in [2.75, 3.05) is 13.1 Å². The average Bonchev–Trinajstić information content (AvgIpc) is 2.99. The Balaban J connectivity index is 1.89. The summed E-state index contributed by atoms with van der Waals surface area (Å²) in [5, 5.41) is 19.8. The Labute approximate surface area is 147 Å². The lowest BCUT2D eigenvalue weighted by Crippen LogP contribution is -2.46. The van der Waals surface area contributed by atoms with Crippen molar-refractivity contribution >= 4 is 6.03 Å². The molecule has 0 fully saturated rings. The number of urea groups is 1. The standard InChI is InChI=1S/C18H25FN4O2/c1-17(2,14-7-5-6-8-15(14)19)11-20-16(24)21-12-18(3,25)13-9-22-23(4)10-13/h5-10,25H,11-12H2,1-4H3,(H2,20,21,24). The van der Waals surface area contributed by atoms with E-state index < -0.39 is 17.0 Å². The summed E-state index contributed by atoms with van der Waals surface area (Å²) in [5.41, 5.74) is -0.638. The van der Waals surface area contributed by atoms with Gasteiger partial charge >= 0.3 is 6.03 Å². The largest absolute Gasteiger partial charge is 0.383 e. The predicted octanol–water partition coefficient (Wildman–Crippen LogP) is 2.04. The van der Waals surface area contributed by atoms with Crippen LogP contribution in [0.3, 0.4) is 0 Å². The Bertz CT molecular complexity index is 740. The number of benzene rings is 1. The molecule has 2 rings (SSSR count). The summed E-state index contributed by atoms with van der Waals surface area (Å²) >= 11 is 0. The van der Waals surface area contributed by atoms with Crippen LogP contribution >= 0.6 is 0 Å². The molecule has 2 aromatic rings. The zero-order valence-electron chi connectivity index (χ0n) is 15.0. The molecule has 1 aromatic carbocycles. The number of aliphatic hydroxyl groups is 1. The van der Waals surface area contributed by atoms with Gasteiger partial charge in [-0.05, 0) is 18.6 Å². The molecule has 0 aliphatic carbocycles. The van der Waals surface area contributed by atoms with Gasteiger partial charge < -0.3 is 15.7 Å². The number of hydrogen-bond donors (Lipinski definition) is 3. The quantitative estimate of drug-likeness (QED) is 0.747. The lowest BCUT2D eigenvalue weighted by Gasteiger charge is -2.27. The molecule has 0 aliphatic rings. The zero-order valence-corrected chi connectivity index (χ0v) is 15.0. The van der Waals surface area contributed by atoms with Crippen LogP contribution < -0.4 is 10.6 Å². The number of carbonyl (C=O) groups excluding carboxylic acids is 1. The highest BCUT2D eigenvalue weighted by Gasteiger charge is 2.27. The third kappa shape index (κ3) is 4.79. The monoisotopic (exact) mass is 348 g/mol. The van der Waals surface area contributed by atoms with E-state index in [1.807, 2.05) is 13.8 Å². The Morgan fingerprint density at radius 3 is 2.48 bits per heavy atom. The molecule has 1 heterocycles. The van der Waals surface area contributed by atoms with Gasteiger partial charge in [0.25, 0.3) is 0 Å². The molecule has 7 heteroatoms. The van der Waals surface area contributed by atoms with Gasteiger partial charge in [-0.1, -0.05) is 32.0 Å². The summed E-state index contributed by atoms with van der Waals surface area (Å²) in [5.74, 6) is -0.297. The van der Waals surface area contributed by atoms with Crippen LogP contribution in [0.2, 0.25) is 0 Å². The van der Waals surface area contributed by atoms with E-state index in [-0.39, 0.29) is 18.9 Å². The van der Waals surface area contributed by atoms with Gasteiger partial charge in [0.15, 0.2) is 0 Å². The fourth-order valence-electron chi connectivity index (χ4n) is 2.52. The average molecular weight is 348 g/mol. The molecule has 1 atom stereocenters. The van der Waals surface area contributed by atoms with Crippen molar-refractivity contribution in [2.24, 2.45) is 7.05 Å². The van der Waals surface area contributed by atoms with Gasteiger partial charge in [-0.3, -0.25) is 4.68 Å². The molecular formula is C18H25FN4O2. The van der Waals surface area contributed by atoms with Crippen LogP contribution in [-0.2, 0) is 18.1 Å². The number of rotatable bonds is 6. The van der Waals surface area contributed by atoms with Crippen LogP contribution in [0.25, 0.3) is 0 Å². The van der Waals surface area contributed by atoms with Gasteiger partial charge in [-0.25, -0.2) is 9.18 Å². The molecule has 3 N–H and O–H groups in total. The van der Waals surface area contributed by atoms with Crippen molar-refractivity contribution < 1.29 is 14.3 Å². The van der Waals surface area contributed by atoms with Crippen LogP contribution in [0, 0.1) is 5.82 Å². The summed E-state index contributed by atoms with van der Waals surface area (Å²) in [4.78, 5) is 12.0. The Hall–Kier alpha value is -2.41. The van der Waals surface area contributed by atoms with Crippen molar-refractivity contribution in [1.82, 2.24) is 20.4 Å². The molecule has 0 saturated heterocycles. The number of hydrogen-bond acceptors (Lipinski definition) is 3. The summed E-state index contributed by atoms with van der Waals surface area (Å²) in [6.07, 6.45) is 3.25. The molecule has 0 radical (unpaired) electrons. The molecule has 0 bridgehead atoms. The fourth-order valence-corrected chi connectivity index (χ4v) is 2.52. The highest BCUT2D eigenvalue weighted by atomic mass is 19.1. The minimum absolute atomic E-state index is 0.0324. The second-order valence-corrected chi connectivity index (χ2v) is 7.08. The maximum Gasteiger partial charge on any atom is 0.314 e. The summed E-state index contributed by atoms with van der Waals surface area (Å²) in [6, 6.07) is 6.10. The first-order chi connectivity index (χ1) is 11.6. The third-order valence-electron chi connectivity index (χ3n) is 4.21. The number of aryl methyl sites for hydroxylation is 1. The van der Waals surface area contributed by atoms with Crippen molar-refractivity contribution in [3.8, 4) is 0 Å².